The number of aliphatic hydroxyl groups is 1. The first kappa shape index (κ1) is 31.6. The summed E-state index contributed by atoms with van der Waals surface area (Å²) in [5.74, 6) is -0.294. The van der Waals surface area contributed by atoms with E-state index in [1.54, 1.807) is 31.3 Å². The van der Waals surface area contributed by atoms with Crippen molar-refractivity contribution in [2.24, 2.45) is 11.8 Å². The van der Waals surface area contributed by atoms with Gasteiger partial charge < -0.3 is 24.9 Å². The van der Waals surface area contributed by atoms with Crippen molar-refractivity contribution in [3.8, 4) is 11.3 Å². The van der Waals surface area contributed by atoms with Gasteiger partial charge in [0.15, 0.2) is 0 Å². The fourth-order valence-electron chi connectivity index (χ4n) is 5.02. The number of hydrogen-bond acceptors (Lipinski definition) is 9. The Labute approximate surface area is 241 Å². The van der Waals surface area contributed by atoms with Crippen LogP contribution in [0.5, 0.6) is 0 Å². The summed E-state index contributed by atoms with van der Waals surface area (Å²) in [5.41, 5.74) is 1.26. The number of aryl methyl sites for hydroxylation is 1. The molecule has 11 nitrogen and oxygen atoms in total. The van der Waals surface area contributed by atoms with Crippen LogP contribution in [0.25, 0.3) is 11.3 Å². The first-order chi connectivity index (χ1) is 19.8. The van der Waals surface area contributed by atoms with Crippen molar-refractivity contribution in [3.05, 3.63) is 65.6 Å². The molecular formula is C28H33F2N4O7P. The Balaban J connectivity index is 1.37. The average Bonchev–Trinajstić information content (AvgIpc) is 2.94. The van der Waals surface area contributed by atoms with Crippen LogP contribution in [0.15, 0.2) is 48.8 Å². The Kier molecular flexibility index (Phi) is 10.0. The summed E-state index contributed by atoms with van der Waals surface area (Å²) in [4.78, 5) is 42.9. The van der Waals surface area contributed by atoms with E-state index >= 15 is 0 Å². The minimum absolute atomic E-state index is 0.146. The molecule has 0 radical (unpaired) electrons. The molecular weight excluding hydrogens is 573 g/mol. The predicted molar refractivity (Wildman–Crippen MR) is 149 cm³/mol. The SMILES string of the molecule is Cc1cc(Nc2cc(C(F)F)ccn2)nc(-c2ccc([C@](C)(O)[C@H]3CC[C@H](C(=O)OCCOP(=O)(O)O)CC3)nc2)c1. The van der Waals surface area contributed by atoms with E-state index in [4.69, 9.17) is 14.5 Å². The Hall–Kier alpha value is -3.35. The van der Waals surface area contributed by atoms with Crippen molar-refractivity contribution in [1.82, 2.24) is 15.0 Å². The number of ether oxygens (including phenoxy) is 1. The minimum Gasteiger partial charge on any atom is -0.463 e. The summed E-state index contributed by atoms with van der Waals surface area (Å²) >= 11 is 0. The highest BCUT2D eigenvalue weighted by atomic mass is 31.2. The zero-order valence-corrected chi connectivity index (χ0v) is 24.0. The van der Waals surface area contributed by atoms with Gasteiger partial charge in [0.1, 0.15) is 23.8 Å². The van der Waals surface area contributed by atoms with Gasteiger partial charge >= 0.3 is 13.8 Å². The number of carbonyl (C=O) groups is 1. The second kappa shape index (κ2) is 13.3. The molecule has 3 aromatic heterocycles. The number of anilines is 2. The highest BCUT2D eigenvalue weighted by Gasteiger charge is 2.39. The molecule has 1 saturated carbocycles. The van der Waals surface area contributed by atoms with Crippen LogP contribution in [-0.2, 0) is 24.2 Å². The van der Waals surface area contributed by atoms with Crippen molar-refractivity contribution in [1.29, 1.82) is 0 Å². The zero-order valence-electron chi connectivity index (χ0n) is 23.1. The number of pyridine rings is 3. The molecule has 1 aliphatic carbocycles. The van der Waals surface area contributed by atoms with Crippen LogP contribution in [-0.4, -0.2) is 49.0 Å². The smallest absolute Gasteiger partial charge is 0.463 e. The summed E-state index contributed by atoms with van der Waals surface area (Å²) in [6.45, 7) is 2.93. The molecule has 0 aromatic carbocycles. The average molecular weight is 607 g/mol. The molecule has 0 unspecified atom stereocenters. The normalized spacial score (nSPS) is 18.9. The van der Waals surface area contributed by atoms with Gasteiger partial charge in [-0.1, -0.05) is 0 Å². The number of rotatable bonds is 11. The maximum atomic E-state index is 13.1. The first-order valence-electron chi connectivity index (χ1n) is 13.4. The second-order valence-electron chi connectivity index (χ2n) is 10.4. The minimum atomic E-state index is -4.61. The Morgan fingerprint density at radius 1 is 1.10 bits per heavy atom. The van der Waals surface area contributed by atoms with Crippen LogP contribution in [0, 0.1) is 18.8 Å². The molecule has 0 bridgehead atoms. The molecule has 0 spiro atoms. The molecule has 4 N–H and O–H groups in total. The molecule has 0 amide bonds. The third-order valence-electron chi connectivity index (χ3n) is 7.28. The van der Waals surface area contributed by atoms with Gasteiger partial charge in [0.2, 0.25) is 0 Å². The monoisotopic (exact) mass is 606 g/mol. The van der Waals surface area contributed by atoms with Crippen LogP contribution in [0.1, 0.15) is 55.9 Å². The number of phosphoric acid groups is 1. The third kappa shape index (κ3) is 8.36. The number of esters is 1. The lowest BCUT2D eigenvalue weighted by molar-refractivity contribution is -0.152. The van der Waals surface area contributed by atoms with E-state index in [1.807, 2.05) is 13.0 Å². The van der Waals surface area contributed by atoms with Gasteiger partial charge in [-0.25, -0.2) is 23.3 Å². The van der Waals surface area contributed by atoms with Gasteiger partial charge in [0.05, 0.1) is 23.9 Å². The Morgan fingerprint density at radius 3 is 2.48 bits per heavy atom. The van der Waals surface area contributed by atoms with Crippen LogP contribution < -0.4 is 5.32 Å². The number of alkyl halides is 2. The van der Waals surface area contributed by atoms with Crippen molar-refractivity contribution in [2.75, 3.05) is 18.5 Å². The van der Waals surface area contributed by atoms with Crippen LogP contribution in [0.2, 0.25) is 0 Å². The number of aromatic nitrogens is 3. The number of nitrogens with one attached hydrogen (secondary N) is 1. The van der Waals surface area contributed by atoms with E-state index in [-0.39, 0.29) is 29.8 Å². The van der Waals surface area contributed by atoms with Gasteiger partial charge in [0, 0.05) is 23.5 Å². The van der Waals surface area contributed by atoms with Crippen molar-refractivity contribution in [2.45, 2.75) is 51.6 Å². The van der Waals surface area contributed by atoms with E-state index in [0.29, 0.717) is 48.5 Å². The fourth-order valence-corrected chi connectivity index (χ4v) is 5.34. The van der Waals surface area contributed by atoms with Crippen LogP contribution >= 0.6 is 7.82 Å². The molecule has 0 saturated heterocycles. The van der Waals surface area contributed by atoms with Gasteiger partial charge in [-0.15, -0.1) is 0 Å². The summed E-state index contributed by atoms with van der Waals surface area (Å²) in [7, 11) is -4.61. The zero-order chi connectivity index (χ0) is 30.5. The third-order valence-corrected chi connectivity index (χ3v) is 7.80. The predicted octanol–water partition coefficient (Wildman–Crippen LogP) is 5.19. The standard InChI is InChI=1S/C28H33F2N4O7P/c1-17-13-22(33-25(14-17)34-24-15-19(26(29)30)9-10-31-24)20-5-8-23(32-16-20)28(2,36)21-6-3-18(4-7-21)27(35)40-11-12-41-42(37,38)39/h5,8-10,13-16,18,21,26,36H,3-4,6-7,11-12H2,1-2H3,(H,31,33,34)(H2,37,38,39)/t18-,21-,28-/m1/s1. The topological polar surface area (TPSA) is 164 Å². The lowest BCUT2D eigenvalue weighted by Crippen LogP contribution is -2.37. The molecule has 1 atom stereocenters. The van der Waals surface area contributed by atoms with Crippen LogP contribution in [0.4, 0.5) is 20.4 Å². The number of halogens is 2. The number of carbonyl (C=O) groups excluding carboxylic acids is 1. The number of phosphoric ester groups is 1. The van der Waals surface area contributed by atoms with E-state index in [1.165, 1.54) is 18.3 Å². The van der Waals surface area contributed by atoms with Gasteiger partial charge in [-0.3, -0.25) is 14.3 Å². The highest BCUT2D eigenvalue weighted by molar-refractivity contribution is 7.46. The largest absolute Gasteiger partial charge is 0.469 e. The first-order valence-corrected chi connectivity index (χ1v) is 14.9. The second-order valence-corrected chi connectivity index (χ2v) is 11.7. The summed E-state index contributed by atoms with van der Waals surface area (Å²) in [5, 5.41) is 14.4. The van der Waals surface area contributed by atoms with Gasteiger partial charge in [-0.2, -0.15) is 0 Å². The number of nitrogens with zero attached hydrogens (tertiary/aromatic N) is 3. The highest BCUT2D eigenvalue weighted by Crippen LogP contribution is 2.41. The lowest BCUT2D eigenvalue weighted by Gasteiger charge is -2.37. The quantitative estimate of drug-likeness (QED) is 0.129. The fraction of sp³-hybridized carbons (Fsp3) is 0.429. The molecule has 14 heteroatoms. The number of hydrogen-bond donors (Lipinski definition) is 4. The van der Waals surface area contributed by atoms with Crippen molar-refractivity contribution >= 4 is 25.4 Å². The molecule has 226 valence electrons. The lowest BCUT2D eigenvalue weighted by atomic mass is 9.73. The van der Waals surface area contributed by atoms with E-state index < -0.39 is 32.4 Å². The molecule has 3 aromatic rings. The van der Waals surface area contributed by atoms with Gasteiger partial charge in [-0.05, 0) is 87.4 Å². The molecule has 0 aliphatic heterocycles. The Morgan fingerprint density at radius 2 is 1.83 bits per heavy atom. The summed E-state index contributed by atoms with van der Waals surface area (Å²) in [6, 6.07) is 9.71. The molecule has 42 heavy (non-hydrogen) atoms. The van der Waals surface area contributed by atoms with Crippen molar-refractivity contribution in [3.63, 3.8) is 0 Å². The molecule has 4 rings (SSSR count). The van der Waals surface area contributed by atoms with E-state index in [2.05, 4.69) is 24.8 Å². The van der Waals surface area contributed by atoms with E-state index in [0.717, 1.165) is 5.56 Å². The summed E-state index contributed by atoms with van der Waals surface area (Å²) < 4.78 is 46.2. The van der Waals surface area contributed by atoms with Crippen molar-refractivity contribution < 1.29 is 42.3 Å². The maximum absolute atomic E-state index is 13.1. The van der Waals surface area contributed by atoms with E-state index in [9.17, 15) is 23.2 Å². The Bertz CT molecular complexity index is 1430. The van der Waals surface area contributed by atoms with Crippen LogP contribution in [0.3, 0.4) is 0 Å². The molecule has 1 fully saturated rings. The maximum Gasteiger partial charge on any atom is 0.469 e. The summed E-state index contributed by atoms with van der Waals surface area (Å²) in [6.07, 6.45) is 2.42. The van der Waals surface area contributed by atoms with Gasteiger partial charge in [0.25, 0.3) is 6.43 Å². The molecule has 3 heterocycles. The molecule has 1 aliphatic rings.